The van der Waals surface area contributed by atoms with Crippen molar-refractivity contribution in [3.63, 3.8) is 0 Å². The maximum atomic E-state index is 4.47. The maximum absolute atomic E-state index is 4.47. The quantitative estimate of drug-likeness (QED) is 0.788. The SMILES string of the molecule is Cc1nn(C)c(C)c1CN[C@H](C)c1ccc(-n2ccnc2)cc1. The van der Waals surface area contributed by atoms with Crippen molar-refractivity contribution < 1.29 is 0 Å². The molecule has 0 bridgehead atoms. The van der Waals surface area contributed by atoms with Crippen LogP contribution in [-0.2, 0) is 13.6 Å². The number of imidazole rings is 1. The van der Waals surface area contributed by atoms with E-state index in [1.165, 1.54) is 16.8 Å². The van der Waals surface area contributed by atoms with Crippen molar-refractivity contribution in [1.29, 1.82) is 0 Å². The number of hydrogen-bond acceptors (Lipinski definition) is 3. The van der Waals surface area contributed by atoms with Crippen molar-refractivity contribution >= 4 is 0 Å². The summed E-state index contributed by atoms with van der Waals surface area (Å²) in [5.41, 5.74) is 6.00. The van der Waals surface area contributed by atoms with Gasteiger partial charge in [0.2, 0.25) is 0 Å². The first-order valence-electron chi connectivity index (χ1n) is 7.87. The monoisotopic (exact) mass is 309 g/mol. The van der Waals surface area contributed by atoms with Crippen LogP contribution < -0.4 is 5.32 Å². The molecule has 5 heteroatoms. The Morgan fingerprint density at radius 3 is 2.48 bits per heavy atom. The zero-order chi connectivity index (χ0) is 16.4. The minimum atomic E-state index is 0.283. The van der Waals surface area contributed by atoms with E-state index in [0.29, 0.717) is 0 Å². The van der Waals surface area contributed by atoms with E-state index in [1.807, 2.05) is 28.8 Å². The van der Waals surface area contributed by atoms with Crippen LogP contribution in [0.1, 0.15) is 35.5 Å². The summed E-state index contributed by atoms with van der Waals surface area (Å²) in [5.74, 6) is 0. The van der Waals surface area contributed by atoms with Crippen LogP contribution in [0.3, 0.4) is 0 Å². The lowest BCUT2D eigenvalue weighted by molar-refractivity contribution is 0.571. The Morgan fingerprint density at radius 1 is 1.17 bits per heavy atom. The molecule has 1 N–H and O–H groups in total. The second-order valence-corrected chi connectivity index (χ2v) is 5.94. The van der Waals surface area contributed by atoms with Crippen LogP contribution in [0, 0.1) is 13.8 Å². The fraction of sp³-hybridized carbons (Fsp3) is 0.333. The molecule has 0 saturated heterocycles. The largest absolute Gasteiger partial charge is 0.306 e. The first-order valence-corrected chi connectivity index (χ1v) is 7.87. The molecule has 1 aromatic carbocycles. The van der Waals surface area contributed by atoms with Gasteiger partial charge in [-0.05, 0) is 38.5 Å². The van der Waals surface area contributed by atoms with Gasteiger partial charge in [-0.25, -0.2) is 4.98 Å². The summed E-state index contributed by atoms with van der Waals surface area (Å²) in [7, 11) is 1.99. The summed E-state index contributed by atoms with van der Waals surface area (Å²) in [6, 6.07) is 8.85. The molecule has 3 aromatic rings. The molecule has 0 aliphatic carbocycles. The fourth-order valence-electron chi connectivity index (χ4n) is 2.79. The first-order chi connectivity index (χ1) is 11.1. The summed E-state index contributed by atoms with van der Waals surface area (Å²) >= 11 is 0. The first kappa shape index (κ1) is 15.5. The van der Waals surface area contributed by atoms with Gasteiger partial charge in [-0.3, -0.25) is 4.68 Å². The maximum Gasteiger partial charge on any atom is 0.0991 e. The summed E-state index contributed by atoms with van der Waals surface area (Å²) in [5, 5.41) is 8.06. The third-order valence-electron chi connectivity index (χ3n) is 4.44. The van der Waals surface area contributed by atoms with E-state index in [9.17, 15) is 0 Å². The second-order valence-electron chi connectivity index (χ2n) is 5.94. The van der Waals surface area contributed by atoms with E-state index in [4.69, 9.17) is 0 Å². The average Bonchev–Trinajstić information content (AvgIpc) is 3.16. The average molecular weight is 309 g/mol. The Bertz CT molecular complexity index is 769. The van der Waals surface area contributed by atoms with E-state index in [1.54, 1.807) is 6.20 Å². The van der Waals surface area contributed by atoms with Gasteiger partial charge in [0.15, 0.2) is 0 Å². The van der Waals surface area contributed by atoms with Gasteiger partial charge in [0.05, 0.1) is 12.0 Å². The number of rotatable bonds is 5. The fourth-order valence-corrected chi connectivity index (χ4v) is 2.79. The van der Waals surface area contributed by atoms with Crippen LogP contribution in [0.25, 0.3) is 5.69 Å². The lowest BCUT2D eigenvalue weighted by atomic mass is 10.1. The second kappa shape index (κ2) is 6.38. The predicted octanol–water partition coefficient (Wildman–Crippen LogP) is 3.07. The summed E-state index contributed by atoms with van der Waals surface area (Å²) in [6.45, 7) is 7.19. The van der Waals surface area contributed by atoms with Gasteiger partial charge in [0.25, 0.3) is 0 Å². The van der Waals surface area contributed by atoms with Crippen molar-refractivity contribution in [2.75, 3.05) is 0 Å². The molecule has 0 saturated carbocycles. The molecule has 0 unspecified atom stereocenters. The zero-order valence-electron chi connectivity index (χ0n) is 14.1. The molecule has 0 aliphatic heterocycles. The Labute approximate surface area is 137 Å². The van der Waals surface area contributed by atoms with Gasteiger partial charge in [0, 0.05) is 49.0 Å². The van der Waals surface area contributed by atoms with E-state index in [2.05, 4.69) is 60.4 Å². The van der Waals surface area contributed by atoms with Crippen LogP contribution in [0.5, 0.6) is 0 Å². The Hall–Kier alpha value is -2.40. The normalized spacial score (nSPS) is 12.5. The summed E-state index contributed by atoms with van der Waals surface area (Å²) < 4.78 is 3.95. The minimum Gasteiger partial charge on any atom is -0.306 e. The highest BCUT2D eigenvalue weighted by molar-refractivity contribution is 5.35. The highest BCUT2D eigenvalue weighted by Gasteiger charge is 2.11. The molecule has 23 heavy (non-hydrogen) atoms. The van der Waals surface area contributed by atoms with Crippen molar-refractivity contribution in [3.05, 3.63) is 65.5 Å². The Kier molecular flexibility index (Phi) is 4.30. The van der Waals surface area contributed by atoms with Crippen LogP contribution in [0.2, 0.25) is 0 Å². The number of nitrogens with zero attached hydrogens (tertiary/aromatic N) is 4. The van der Waals surface area contributed by atoms with Crippen LogP contribution >= 0.6 is 0 Å². The molecule has 2 heterocycles. The van der Waals surface area contributed by atoms with Gasteiger partial charge >= 0.3 is 0 Å². The molecule has 1 atom stereocenters. The highest BCUT2D eigenvalue weighted by atomic mass is 15.3. The van der Waals surface area contributed by atoms with Gasteiger partial charge in [-0.15, -0.1) is 0 Å². The molecular weight excluding hydrogens is 286 g/mol. The van der Waals surface area contributed by atoms with Crippen molar-refractivity contribution in [1.82, 2.24) is 24.6 Å². The standard InChI is InChI=1S/C18H23N5/c1-13(20-11-18-14(2)21-22(4)15(18)3)16-5-7-17(8-6-16)23-10-9-19-12-23/h5-10,12-13,20H,11H2,1-4H3/t13-/m1/s1. The van der Waals surface area contributed by atoms with E-state index in [-0.39, 0.29) is 6.04 Å². The summed E-state index contributed by atoms with van der Waals surface area (Å²) in [6.07, 6.45) is 5.55. The van der Waals surface area contributed by atoms with E-state index >= 15 is 0 Å². The number of aromatic nitrogens is 4. The topological polar surface area (TPSA) is 47.7 Å². The molecule has 0 amide bonds. The van der Waals surface area contributed by atoms with Gasteiger partial charge < -0.3 is 9.88 Å². The predicted molar refractivity (Wildman–Crippen MR) is 91.5 cm³/mol. The number of hydrogen-bond donors (Lipinski definition) is 1. The molecule has 120 valence electrons. The number of aryl methyl sites for hydroxylation is 2. The Morgan fingerprint density at radius 2 is 1.91 bits per heavy atom. The number of nitrogens with one attached hydrogen (secondary N) is 1. The molecule has 0 spiro atoms. The molecule has 0 radical (unpaired) electrons. The lowest BCUT2D eigenvalue weighted by Crippen LogP contribution is -2.19. The number of benzene rings is 1. The van der Waals surface area contributed by atoms with Crippen molar-refractivity contribution in [2.24, 2.45) is 7.05 Å². The molecule has 0 fully saturated rings. The molecule has 0 aliphatic rings. The van der Waals surface area contributed by atoms with Crippen molar-refractivity contribution in [2.45, 2.75) is 33.4 Å². The molecule has 5 nitrogen and oxygen atoms in total. The van der Waals surface area contributed by atoms with Gasteiger partial charge in [0.1, 0.15) is 0 Å². The lowest BCUT2D eigenvalue weighted by Gasteiger charge is -2.15. The Balaban J connectivity index is 1.67. The van der Waals surface area contributed by atoms with Crippen LogP contribution in [0.4, 0.5) is 0 Å². The van der Waals surface area contributed by atoms with E-state index in [0.717, 1.165) is 17.9 Å². The third-order valence-corrected chi connectivity index (χ3v) is 4.44. The van der Waals surface area contributed by atoms with Gasteiger partial charge in [-0.2, -0.15) is 5.10 Å². The zero-order valence-corrected chi connectivity index (χ0v) is 14.1. The highest BCUT2D eigenvalue weighted by Crippen LogP contribution is 2.18. The minimum absolute atomic E-state index is 0.283. The molecule has 3 rings (SSSR count). The van der Waals surface area contributed by atoms with E-state index < -0.39 is 0 Å². The smallest absolute Gasteiger partial charge is 0.0991 e. The summed E-state index contributed by atoms with van der Waals surface area (Å²) in [4.78, 5) is 4.08. The molecule has 2 aromatic heterocycles. The van der Waals surface area contributed by atoms with Crippen LogP contribution in [0.15, 0.2) is 43.0 Å². The van der Waals surface area contributed by atoms with Crippen molar-refractivity contribution in [3.8, 4) is 5.69 Å². The third kappa shape index (κ3) is 3.19. The molecular formula is C18H23N5. The van der Waals surface area contributed by atoms with Crippen LogP contribution in [-0.4, -0.2) is 19.3 Å². The van der Waals surface area contributed by atoms with Gasteiger partial charge in [-0.1, -0.05) is 12.1 Å².